The van der Waals surface area contributed by atoms with E-state index in [4.69, 9.17) is 5.73 Å². The van der Waals surface area contributed by atoms with Crippen molar-refractivity contribution in [3.05, 3.63) is 12.8 Å². The number of hydrogen-bond donors (Lipinski definition) is 2. The standard InChI is InChI=1S/C4H10N2O/c1-2-7-6-4-3-5/h2,6H,1,3-5H2. The van der Waals surface area contributed by atoms with Crippen LogP contribution in [0.1, 0.15) is 0 Å². The molecular weight excluding hydrogens is 92.1 g/mol. The minimum atomic E-state index is 0.577. The molecule has 0 aromatic rings. The lowest BCUT2D eigenvalue weighted by atomic mass is 10.7. The summed E-state index contributed by atoms with van der Waals surface area (Å²) in [6, 6.07) is 0. The van der Waals surface area contributed by atoms with E-state index in [1.807, 2.05) is 0 Å². The van der Waals surface area contributed by atoms with Crippen LogP contribution in [0.2, 0.25) is 0 Å². The molecule has 0 aromatic heterocycles. The van der Waals surface area contributed by atoms with Gasteiger partial charge in [0.25, 0.3) is 0 Å². The molecule has 3 N–H and O–H groups in total. The van der Waals surface area contributed by atoms with Crippen molar-refractivity contribution < 1.29 is 4.84 Å². The van der Waals surface area contributed by atoms with Crippen molar-refractivity contribution in [2.45, 2.75) is 0 Å². The highest BCUT2D eigenvalue weighted by Crippen LogP contribution is 1.59. The number of rotatable bonds is 4. The van der Waals surface area contributed by atoms with Crippen molar-refractivity contribution in [3.8, 4) is 0 Å². The molecule has 0 aliphatic heterocycles. The third kappa shape index (κ3) is 5.46. The van der Waals surface area contributed by atoms with Crippen LogP contribution in [0.5, 0.6) is 0 Å². The SMILES string of the molecule is C=CONCCN. The van der Waals surface area contributed by atoms with Crippen molar-refractivity contribution in [3.63, 3.8) is 0 Å². The van der Waals surface area contributed by atoms with E-state index in [1.165, 1.54) is 6.26 Å². The Bertz CT molecular complexity index is 47.0. The molecule has 42 valence electrons. The van der Waals surface area contributed by atoms with E-state index < -0.39 is 0 Å². The quantitative estimate of drug-likeness (QED) is 0.289. The van der Waals surface area contributed by atoms with Gasteiger partial charge in [0, 0.05) is 13.1 Å². The van der Waals surface area contributed by atoms with E-state index in [0.717, 1.165) is 0 Å². The van der Waals surface area contributed by atoms with Crippen LogP contribution in [0.25, 0.3) is 0 Å². The van der Waals surface area contributed by atoms with Gasteiger partial charge in [-0.2, -0.15) is 5.48 Å². The summed E-state index contributed by atoms with van der Waals surface area (Å²) in [7, 11) is 0. The van der Waals surface area contributed by atoms with Crippen LogP contribution in [0.3, 0.4) is 0 Å². The second kappa shape index (κ2) is 5.46. The van der Waals surface area contributed by atoms with Gasteiger partial charge >= 0.3 is 0 Å². The molecule has 0 saturated carbocycles. The van der Waals surface area contributed by atoms with E-state index >= 15 is 0 Å². The average Bonchev–Trinajstić information content (AvgIpc) is 1.69. The molecule has 0 spiro atoms. The van der Waals surface area contributed by atoms with Crippen LogP contribution in [-0.4, -0.2) is 13.1 Å². The summed E-state index contributed by atoms with van der Waals surface area (Å²) in [5.41, 5.74) is 7.63. The Balaban J connectivity index is 2.56. The van der Waals surface area contributed by atoms with E-state index in [-0.39, 0.29) is 0 Å². The zero-order valence-electron chi connectivity index (χ0n) is 4.18. The summed E-state index contributed by atoms with van der Waals surface area (Å²) in [4.78, 5) is 4.51. The van der Waals surface area contributed by atoms with Gasteiger partial charge in [-0.25, -0.2) is 0 Å². The van der Waals surface area contributed by atoms with Gasteiger partial charge in [-0.1, -0.05) is 6.58 Å². The third-order valence-electron chi connectivity index (χ3n) is 0.413. The van der Waals surface area contributed by atoms with Gasteiger partial charge in [-0.05, 0) is 0 Å². The zero-order chi connectivity index (χ0) is 5.54. The van der Waals surface area contributed by atoms with Gasteiger partial charge in [0.15, 0.2) is 0 Å². The van der Waals surface area contributed by atoms with Crippen LogP contribution >= 0.6 is 0 Å². The Hall–Kier alpha value is -0.540. The van der Waals surface area contributed by atoms with E-state index in [9.17, 15) is 0 Å². The first-order chi connectivity index (χ1) is 3.41. The minimum absolute atomic E-state index is 0.577. The van der Waals surface area contributed by atoms with E-state index in [2.05, 4.69) is 16.9 Å². The van der Waals surface area contributed by atoms with Gasteiger partial charge in [-0.3, -0.25) is 0 Å². The van der Waals surface area contributed by atoms with Crippen LogP contribution < -0.4 is 11.2 Å². The maximum absolute atomic E-state index is 5.09. The molecule has 7 heavy (non-hydrogen) atoms. The fourth-order valence-electron chi connectivity index (χ4n) is 0.177. The Morgan fingerprint density at radius 1 is 1.86 bits per heavy atom. The molecule has 3 heteroatoms. The van der Waals surface area contributed by atoms with Crippen LogP contribution in [-0.2, 0) is 4.84 Å². The van der Waals surface area contributed by atoms with Gasteiger partial charge in [0.2, 0.25) is 0 Å². The number of nitrogens with two attached hydrogens (primary N) is 1. The molecule has 0 unspecified atom stereocenters. The van der Waals surface area contributed by atoms with Crippen LogP contribution in [0.4, 0.5) is 0 Å². The van der Waals surface area contributed by atoms with Crippen molar-refractivity contribution in [2.75, 3.05) is 13.1 Å². The molecular formula is C4H10N2O. The first-order valence-electron chi connectivity index (χ1n) is 2.11. The van der Waals surface area contributed by atoms with Crippen molar-refractivity contribution in [1.82, 2.24) is 5.48 Å². The summed E-state index contributed by atoms with van der Waals surface area (Å²) < 4.78 is 0. The predicted octanol–water partition coefficient (Wildman–Crippen LogP) is -0.390. The Morgan fingerprint density at radius 3 is 3.00 bits per heavy atom. The highest BCUT2D eigenvalue weighted by molar-refractivity contribution is 4.45. The van der Waals surface area contributed by atoms with Gasteiger partial charge in [0.1, 0.15) is 6.26 Å². The second-order valence-corrected chi connectivity index (χ2v) is 0.968. The fraction of sp³-hybridized carbons (Fsp3) is 0.500. The third-order valence-corrected chi connectivity index (χ3v) is 0.413. The molecule has 0 rings (SSSR count). The number of hydroxylamine groups is 1. The fourth-order valence-corrected chi connectivity index (χ4v) is 0.177. The minimum Gasteiger partial charge on any atom is -0.417 e. The lowest BCUT2D eigenvalue weighted by Gasteiger charge is -1.96. The maximum atomic E-state index is 5.09. The van der Waals surface area contributed by atoms with E-state index in [0.29, 0.717) is 13.1 Å². The zero-order valence-corrected chi connectivity index (χ0v) is 4.18. The molecule has 0 atom stereocenters. The molecule has 0 aliphatic rings. The molecule has 0 radical (unpaired) electrons. The Labute approximate surface area is 43.1 Å². The van der Waals surface area contributed by atoms with Crippen molar-refractivity contribution in [2.24, 2.45) is 5.73 Å². The first-order valence-corrected chi connectivity index (χ1v) is 2.11. The molecule has 0 heterocycles. The smallest absolute Gasteiger partial charge is 0.104 e. The topological polar surface area (TPSA) is 47.3 Å². The largest absolute Gasteiger partial charge is 0.417 e. The molecule has 0 bridgehead atoms. The predicted molar refractivity (Wildman–Crippen MR) is 28.3 cm³/mol. The van der Waals surface area contributed by atoms with Gasteiger partial charge in [0.05, 0.1) is 0 Å². The van der Waals surface area contributed by atoms with Crippen molar-refractivity contribution in [1.29, 1.82) is 0 Å². The van der Waals surface area contributed by atoms with Crippen LogP contribution in [0, 0.1) is 0 Å². The average molecular weight is 102 g/mol. The van der Waals surface area contributed by atoms with Gasteiger partial charge < -0.3 is 10.6 Å². The highest BCUT2D eigenvalue weighted by atomic mass is 16.6. The number of hydrogen-bond acceptors (Lipinski definition) is 3. The summed E-state index contributed by atoms with van der Waals surface area (Å²) in [5.74, 6) is 0. The summed E-state index contributed by atoms with van der Waals surface area (Å²) in [5, 5.41) is 0. The van der Waals surface area contributed by atoms with E-state index in [1.54, 1.807) is 0 Å². The molecule has 0 aliphatic carbocycles. The van der Waals surface area contributed by atoms with Crippen LogP contribution in [0.15, 0.2) is 12.8 Å². The monoisotopic (exact) mass is 102 g/mol. The Morgan fingerprint density at radius 2 is 2.57 bits per heavy atom. The first kappa shape index (κ1) is 6.46. The number of nitrogens with one attached hydrogen (secondary N) is 1. The summed E-state index contributed by atoms with van der Waals surface area (Å²) in [6.45, 7) is 4.54. The highest BCUT2D eigenvalue weighted by Gasteiger charge is 1.72. The Kier molecular flexibility index (Phi) is 5.04. The summed E-state index contributed by atoms with van der Waals surface area (Å²) in [6.07, 6.45) is 1.32. The molecule has 0 saturated heterocycles. The lowest BCUT2D eigenvalue weighted by molar-refractivity contribution is 0.139. The summed E-state index contributed by atoms with van der Waals surface area (Å²) >= 11 is 0. The molecule has 0 fully saturated rings. The lowest BCUT2D eigenvalue weighted by Crippen LogP contribution is -2.20. The second-order valence-electron chi connectivity index (χ2n) is 0.968. The molecule has 0 aromatic carbocycles. The van der Waals surface area contributed by atoms with Gasteiger partial charge in [-0.15, -0.1) is 0 Å². The molecule has 3 nitrogen and oxygen atoms in total. The van der Waals surface area contributed by atoms with Crippen molar-refractivity contribution >= 4 is 0 Å². The maximum Gasteiger partial charge on any atom is 0.104 e. The molecule has 0 amide bonds. The normalized spacial score (nSPS) is 8.14.